The number of hydrogen-bond acceptors (Lipinski definition) is 5. The molecule has 1 heterocycles. The molecule has 176 valence electrons. The van der Waals surface area contributed by atoms with Crippen molar-refractivity contribution in [3.05, 3.63) is 59.7 Å². The molecule has 0 radical (unpaired) electrons. The van der Waals surface area contributed by atoms with Crippen LogP contribution in [-0.2, 0) is 16.1 Å². The largest absolute Gasteiger partial charge is 0.450 e. The molecule has 2 amide bonds. The molecule has 0 bridgehead atoms. The second-order valence-corrected chi connectivity index (χ2v) is 8.49. The second kappa shape index (κ2) is 11.6. The molecule has 2 aromatic rings. The van der Waals surface area contributed by atoms with Gasteiger partial charge in [0, 0.05) is 38.7 Å². The summed E-state index contributed by atoms with van der Waals surface area (Å²) in [5.74, 6) is 0.314. The summed E-state index contributed by atoms with van der Waals surface area (Å²) >= 11 is 0. The van der Waals surface area contributed by atoms with E-state index >= 15 is 0 Å². The Bertz CT molecular complexity index is 966. The number of nitrogens with zero attached hydrogens (tertiary/aromatic N) is 2. The van der Waals surface area contributed by atoms with Crippen LogP contribution in [0.2, 0.25) is 0 Å². The number of rotatable bonds is 8. The van der Waals surface area contributed by atoms with Crippen LogP contribution in [0.4, 0.5) is 4.79 Å². The summed E-state index contributed by atoms with van der Waals surface area (Å²) in [6.07, 6.45) is 1.86. The molecular formula is C26H33N3O4. The van der Waals surface area contributed by atoms with Crippen LogP contribution in [0.3, 0.4) is 0 Å². The van der Waals surface area contributed by atoms with Crippen LogP contribution in [0, 0.1) is 5.92 Å². The number of ketones is 1. The third-order valence-electron chi connectivity index (χ3n) is 6.10. The lowest BCUT2D eigenvalue weighted by molar-refractivity contribution is -0.128. The Kier molecular flexibility index (Phi) is 8.60. The van der Waals surface area contributed by atoms with Crippen LogP contribution in [0.25, 0.3) is 11.1 Å². The van der Waals surface area contributed by atoms with Gasteiger partial charge in [-0.25, -0.2) is 4.79 Å². The minimum atomic E-state index is -0.264. The molecular weight excluding hydrogens is 418 g/mol. The Balaban J connectivity index is 1.57. The molecule has 33 heavy (non-hydrogen) atoms. The monoisotopic (exact) mass is 451 g/mol. The fourth-order valence-electron chi connectivity index (χ4n) is 4.13. The first-order valence-electron chi connectivity index (χ1n) is 11.5. The summed E-state index contributed by atoms with van der Waals surface area (Å²) in [5.41, 5.74) is 9.21. The SMILES string of the molecule is CCOC(=O)N1CCC(CC(=O)c2ccc(-c3cccc(CN(C)C(=O)CN)c3)cc2)CC1. The van der Waals surface area contributed by atoms with Crippen molar-refractivity contribution >= 4 is 17.8 Å². The van der Waals surface area contributed by atoms with Gasteiger partial charge in [-0.05, 0) is 48.4 Å². The first-order chi connectivity index (χ1) is 15.9. The summed E-state index contributed by atoms with van der Waals surface area (Å²) in [6, 6.07) is 15.7. The van der Waals surface area contributed by atoms with E-state index < -0.39 is 0 Å². The standard InChI is InChI=1S/C26H33N3O4/c1-3-33-26(32)29-13-11-19(12-14-29)16-24(30)22-9-7-21(8-10-22)23-6-4-5-20(15-23)18-28(2)25(31)17-27/h4-10,15,19H,3,11-14,16-18,27H2,1-2H3. The first-order valence-corrected chi connectivity index (χ1v) is 11.5. The molecule has 2 N–H and O–H groups in total. The maximum absolute atomic E-state index is 12.8. The first kappa shape index (κ1) is 24.5. The van der Waals surface area contributed by atoms with Crippen molar-refractivity contribution in [2.45, 2.75) is 32.7 Å². The van der Waals surface area contributed by atoms with Gasteiger partial charge in [0.2, 0.25) is 5.91 Å². The van der Waals surface area contributed by atoms with Gasteiger partial charge in [0.05, 0.1) is 13.2 Å². The molecule has 0 aromatic heterocycles. The van der Waals surface area contributed by atoms with Gasteiger partial charge < -0.3 is 20.3 Å². The van der Waals surface area contributed by atoms with E-state index in [4.69, 9.17) is 10.5 Å². The van der Waals surface area contributed by atoms with E-state index in [9.17, 15) is 14.4 Å². The summed E-state index contributed by atoms with van der Waals surface area (Å²) < 4.78 is 5.05. The lowest BCUT2D eigenvalue weighted by Crippen LogP contribution is -2.39. The van der Waals surface area contributed by atoms with Gasteiger partial charge >= 0.3 is 6.09 Å². The van der Waals surface area contributed by atoms with Crippen LogP contribution in [0.1, 0.15) is 42.1 Å². The minimum absolute atomic E-state index is 0.00378. The number of nitrogens with two attached hydrogens (primary N) is 1. The molecule has 7 nitrogen and oxygen atoms in total. The highest BCUT2D eigenvalue weighted by molar-refractivity contribution is 5.96. The molecule has 1 aliphatic rings. The van der Waals surface area contributed by atoms with Gasteiger partial charge in [0.1, 0.15) is 0 Å². The number of carbonyl (C=O) groups excluding carboxylic acids is 3. The van der Waals surface area contributed by atoms with Crippen molar-refractivity contribution in [1.82, 2.24) is 9.80 Å². The zero-order valence-corrected chi connectivity index (χ0v) is 19.5. The van der Waals surface area contributed by atoms with Crippen molar-refractivity contribution in [3.8, 4) is 11.1 Å². The zero-order valence-electron chi connectivity index (χ0n) is 19.5. The molecule has 0 aliphatic carbocycles. The van der Waals surface area contributed by atoms with E-state index in [2.05, 4.69) is 6.07 Å². The predicted molar refractivity (Wildman–Crippen MR) is 128 cm³/mol. The fraction of sp³-hybridized carbons (Fsp3) is 0.423. The number of piperidine rings is 1. The lowest BCUT2D eigenvalue weighted by atomic mass is 9.89. The second-order valence-electron chi connectivity index (χ2n) is 8.49. The van der Waals surface area contributed by atoms with Crippen LogP contribution < -0.4 is 5.73 Å². The Morgan fingerprint density at radius 1 is 1.06 bits per heavy atom. The van der Waals surface area contributed by atoms with Gasteiger partial charge in [-0.3, -0.25) is 9.59 Å². The number of likely N-dealkylation sites (tertiary alicyclic amines) is 1. The number of benzene rings is 2. The average Bonchev–Trinajstić information content (AvgIpc) is 2.84. The highest BCUT2D eigenvalue weighted by Crippen LogP contribution is 2.25. The van der Waals surface area contributed by atoms with Crippen molar-refractivity contribution in [2.75, 3.05) is 33.3 Å². The van der Waals surface area contributed by atoms with Gasteiger partial charge in [-0.1, -0.05) is 42.5 Å². The van der Waals surface area contributed by atoms with Crippen molar-refractivity contribution in [2.24, 2.45) is 11.7 Å². The number of carbonyl (C=O) groups is 3. The van der Waals surface area contributed by atoms with Gasteiger partial charge in [-0.2, -0.15) is 0 Å². The number of amides is 2. The normalized spacial score (nSPS) is 14.1. The van der Waals surface area contributed by atoms with Gasteiger partial charge in [-0.15, -0.1) is 0 Å². The molecule has 1 aliphatic heterocycles. The van der Waals surface area contributed by atoms with Crippen LogP contribution in [-0.4, -0.2) is 60.9 Å². The molecule has 0 spiro atoms. The van der Waals surface area contributed by atoms with E-state index in [0.29, 0.717) is 38.2 Å². The highest BCUT2D eigenvalue weighted by Gasteiger charge is 2.25. The van der Waals surface area contributed by atoms with E-state index in [1.54, 1.807) is 23.8 Å². The maximum Gasteiger partial charge on any atom is 0.409 e. The molecule has 2 aromatic carbocycles. The highest BCUT2D eigenvalue weighted by atomic mass is 16.6. The lowest BCUT2D eigenvalue weighted by Gasteiger charge is -2.30. The molecule has 1 saturated heterocycles. The molecule has 0 atom stereocenters. The quantitative estimate of drug-likeness (QED) is 0.618. The average molecular weight is 452 g/mol. The molecule has 0 unspecified atom stereocenters. The number of Topliss-reactive ketones (excluding diaryl/α,β-unsaturated/α-hetero) is 1. The fourth-order valence-corrected chi connectivity index (χ4v) is 4.13. The summed E-state index contributed by atoms with van der Waals surface area (Å²) in [4.78, 5) is 39.7. The number of hydrogen-bond donors (Lipinski definition) is 1. The van der Waals surface area contributed by atoms with E-state index in [-0.39, 0.29) is 30.2 Å². The van der Waals surface area contributed by atoms with Crippen LogP contribution in [0.5, 0.6) is 0 Å². The van der Waals surface area contributed by atoms with E-state index in [1.807, 2.05) is 42.5 Å². The third kappa shape index (κ3) is 6.65. The smallest absolute Gasteiger partial charge is 0.409 e. The third-order valence-corrected chi connectivity index (χ3v) is 6.10. The molecule has 3 rings (SSSR count). The zero-order chi connectivity index (χ0) is 23.8. The Morgan fingerprint density at radius 3 is 2.39 bits per heavy atom. The number of likely N-dealkylation sites (N-methyl/N-ethyl adjacent to an activating group) is 1. The van der Waals surface area contributed by atoms with Crippen LogP contribution >= 0.6 is 0 Å². The van der Waals surface area contributed by atoms with Crippen molar-refractivity contribution in [1.29, 1.82) is 0 Å². The summed E-state index contributed by atoms with van der Waals surface area (Å²) in [6.45, 7) is 3.94. The van der Waals surface area contributed by atoms with E-state index in [0.717, 1.165) is 29.5 Å². The topological polar surface area (TPSA) is 92.9 Å². The van der Waals surface area contributed by atoms with Gasteiger partial charge in [0.15, 0.2) is 5.78 Å². The Morgan fingerprint density at radius 2 is 1.76 bits per heavy atom. The predicted octanol–water partition coefficient (Wildman–Crippen LogP) is 3.71. The summed E-state index contributed by atoms with van der Waals surface area (Å²) in [7, 11) is 1.74. The maximum atomic E-state index is 12.8. The Hall–Kier alpha value is -3.19. The van der Waals surface area contributed by atoms with Crippen molar-refractivity contribution < 1.29 is 19.1 Å². The number of ether oxygens (including phenoxy) is 1. The summed E-state index contributed by atoms with van der Waals surface area (Å²) in [5, 5.41) is 0. The van der Waals surface area contributed by atoms with E-state index in [1.165, 1.54) is 0 Å². The Labute approximate surface area is 195 Å². The molecule has 1 fully saturated rings. The van der Waals surface area contributed by atoms with Crippen molar-refractivity contribution in [3.63, 3.8) is 0 Å². The molecule has 0 saturated carbocycles. The minimum Gasteiger partial charge on any atom is -0.450 e. The molecule has 7 heteroatoms. The van der Waals surface area contributed by atoms with Gasteiger partial charge in [0.25, 0.3) is 0 Å². The van der Waals surface area contributed by atoms with Crippen LogP contribution in [0.15, 0.2) is 48.5 Å².